The SMILES string of the molecule is COc1ccc2c(O)c(-c3ccc(OC(C)C)cc3)ccc2c1. The van der Waals surface area contributed by atoms with Crippen molar-refractivity contribution in [3.8, 4) is 28.4 Å². The molecule has 0 aliphatic heterocycles. The molecule has 0 amide bonds. The van der Waals surface area contributed by atoms with Crippen LogP contribution in [0.3, 0.4) is 0 Å². The van der Waals surface area contributed by atoms with Crippen LogP contribution in [0.4, 0.5) is 0 Å². The van der Waals surface area contributed by atoms with Crippen LogP contribution in [0.2, 0.25) is 0 Å². The zero-order valence-electron chi connectivity index (χ0n) is 13.5. The fraction of sp³-hybridized carbons (Fsp3) is 0.200. The van der Waals surface area contributed by atoms with Crippen LogP contribution in [0.5, 0.6) is 17.2 Å². The monoisotopic (exact) mass is 308 g/mol. The molecule has 0 saturated heterocycles. The Morgan fingerprint density at radius 3 is 2.22 bits per heavy atom. The first-order valence-electron chi connectivity index (χ1n) is 7.65. The van der Waals surface area contributed by atoms with Crippen LogP contribution in [0.25, 0.3) is 21.9 Å². The van der Waals surface area contributed by atoms with Gasteiger partial charge in [0, 0.05) is 10.9 Å². The fourth-order valence-corrected chi connectivity index (χ4v) is 2.64. The molecule has 3 nitrogen and oxygen atoms in total. The molecule has 3 rings (SSSR count). The molecule has 0 heterocycles. The molecule has 0 aliphatic rings. The highest BCUT2D eigenvalue weighted by Crippen LogP contribution is 2.37. The number of rotatable bonds is 4. The minimum absolute atomic E-state index is 0.143. The topological polar surface area (TPSA) is 38.7 Å². The first-order chi connectivity index (χ1) is 11.1. The molecule has 0 unspecified atom stereocenters. The summed E-state index contributed by atoms with van der Waals surface area (Å²) < 4.78 is 10.9. The third-order valence-corrected chi connectivity index (χ3v) is 3.74. The Kier molecular flexibility index (Phi) is 4.11. The lowest BCUT2D eigenvalue weighted by atomic mass is 9.99. The maximum atomic E-state index is 10.6. The number of ether oxygens (including phenoxy) is 2. The van der Waals surface area contributed by atoms with Crippen LogP contribution in [0, 0.1) is 0 Å². The lowest BCUT2D eigenvalue weighted by molar-refractivity contribution is 0.242. The second-order valence-corrected chi connectivity index (χ2v) is 5.74. The van der Waals surface area contributed by atoms with Crippen molar-refractivity contribution in [3.63, 3.8) is 0 Å². The average molecular weight is 308 g/mol. The van der Waals surface area contributed by atoms with E-state index in [9.17, 15) is 5.11 Å². The Hall–Kier alpha value is -2.68. The summed E-state index contributed by atoms with van der Waals surface area (Å²) in [7, 11) is 1.64. The zero-order chi connectivity index (χ0) is 16.4. The lowest BCUT2D eigenvalue weighted by Gasteiger charge is -2.12. The van der Waals surface area contributed by atoms with Crippen LogP contribution in [-0.2, 0) is 0 Å². The van der Waals surface area contributed by atoms with Crippen molar-refractivity contribution in [1.29, 1.82) is 0 Å². The second-order valence-electron chi connectivity index (χ2n) is 5.74. The first kappa shape index (κ1) is 15.2. The van der Waals surface area contributed by atoms with Crippen molar-refractivity contribution >= 4 is 10.8 Å². The molecule has 0 fully saturated rings. The predicted octanol–water partition coefficient (Wildman–Crippen LogP) is 5.01. The van der Waals surface area contributed by atoms with Crippen molar-refractivity contribution in [2.75, 3.05) is 7.11 Å². The van der Waals surface area contributed by atoms with Crippen LogP contribution in [0.1, 0.15) is 13.8 Å². The number of hydrogen-bond acceptors (Lipinski definition) is 3. The molecule has 0 atom stereocenters. The van der Waals surface area contributed by atoms with Crippen molar-refractivity contribution < 1.29 is 14.6 Å². The molecule has 0 saturated carbocycles. The molecule has 1 N–H and O–H groups in total. The van der Waals surface area contributed by atoms with Crippen LogP contribution < -0.4 is 9.47 Å². The molecule has 23 heavy (non-hydrogen) atoms. The summed E-state index contributed by atoms with van der Waals surface area (Å²) in [4.78, 5) is 0. The van der Waals surface area contributed by atoms with Gasteiger partial charge in [0.15, 0.2) is 0 Å². The Balaban J connectivity index is 2.01. The van der Waals surface area contributed by atoms with E-state index in [2.05, 4.69) is 0 Å². The highest BCUT2D eigenvalue weighted by atomic mass is 16.5. The van der Waals surface area contributed by atoms with Gasteiger partial charge in [0.2, 0.25) is 0 Å². The highest BCUT2D eigenvalue weighted by Gasteiger charge is 2.09. The molecule has 0 bridgehead atoms. The largest absolute Gasteiger partial charge is 0.507 e. The van der Waals surface area contributed by atoms with Crippen LogP contribution in [0.15, 0.2) is 54.6 Å². The summed E-state index contributed by atoms with van der Waals surface area (Å²) >= 11 is 0. The molecule has 3 aromatic rings. The molecule has 3 heteroatoms. The summed E-state index contributed by atoms with van der Waals surface area (Å²) in [6.45, 7) is 3.99. The van der Waals surface area contributed by atoms with Gasteiger partial charge in [-0.05, 0) is 55.1 Å². The summed E-state index contributed by atoms with van der Waals surface area (Å²) in [6, 6.07) is 17.3. The lowest BCUT2D eigenvalue weighted by Crippen LogP contribution is -2.05. The molecule has 0 aromatic heterocycles. The van der Waals surface area contributed by atoms with E-state index in [0.717, 1.165) is 33.4 Å². The van der Waals surface area contributed by atoms with E-state index in [-0.39, 0.29) is 11.9 Å². The number of phenols is 1. The smallest absolute Gasteiger partial charge is 0.131 e. The van der Waals surface area contributed by atoms with Gasteiger partial charge in [-0.15, -0.1) is 0 Å². The van der Waals surface area contributed by atoms with E-state index in [1.54, 1.807) is 7.11 Å². The number of hydrogen-bond donors (Lipinski definition) is 1. The molecule has 0 radical (unpaired) electrons. The van der Waals surface area contributed by atoms with Gasteiger partial charge in [0.05, 0.1) is 13.2 Å². The van der Waals surface area contributed by atoms with Gasteiger partial charge in [-0.3, -0.25) is 0 Å². The molecule has 0 spiro atoms. The number of fused-ring (bicyclic) bond motifs is 1. The van der Waals surface area contributed by atoms with E-state index in [4.69, 9.17) is 9.47 Å². The summed E-state index contributed by atoms with van der Waals surface area (Å²) in [5.74, 6) is 1.89. The van der Waals surface area contributed by atoms with Crippen molar-refractivity contribution in [1.82, 2.24) is 0 Å². The van der Waals surface area contributed by atoms with Gasteiger partial charge in [0.25, 0.3) is 0 Å². The van der Waals surface area contributed by atoms with E-state index in [1.165, 1.54) is 0 Å². The summed E-state index contributed by atoms with van der Waals surface area (Å²) in [5.41, 5.74) is 1.76. The Labute approximate surface area is 136 Å². The van der Waals surface area contributed by atoms with E-state index >= 15 is 0 Å². The predicted molar refractivity (Wildman–Crippen MR) is 93.4 cm³/mol. The maximum Gasteiger partial charge on any atom is 0.131 e. The summed E-state index contributed by atoms with van der Waals surface area (Å²) in [6.07, 6.45) is 0.143. The fourth-order valence-electron chi connectivity index (χ4n) is 2.64. The number of aromatic hydroxyl groups is 1. The Morgan fingerprint density at radius 2 is 1.57 bits per heavy atom. The third kappa shape index (κ3) is 3.09. The number of phenolic OH excluding ortho intramolecular Hbond substituents is 1. The van der Waals surface area contributed by atoms with E-state index in [1.807, 2.05) is 68.4 Å². The van der Waals surface area contributed by atoms with Crippen molar-refractivity contribution in [3.05, 3.63) is 54.6 Å². The molecule has 118 valence electrons. The first-order valence-corrected chi connectivity index (χ1v) is 7.65. The molecule has 0 aliphatic carbocycles. The maximum absolute atomic E-state index is 10.6. The normalized spacial score (nSPS) is 11.0. The highest BCUT2D eigenvalue weighted by molar-refractivity contribution is 5.95. The van der Waals surface area contributed by atoms with Gasteiger partial charge < -0.3 is 14.6 Å². The van der Waals surface area contributed by atoms with Crippen molar-refractivity contribution in [2.45, 2.75) is 20.0 Å². The Bertz CT molecular complexity index is 820. The van der Waals surface area contributed by atoms with Gasteiger partial charge in [0.1, 0.15) is 17.2 Å². The average Bonchev–Trinajstić information content (AvgIpc) is 2.55. The van der Waals surface area contributed by atoms with Crippen LogP contribution in [-0.4, -0.2) is 18.3 Å². The molecule has 3 aromatic carbocycles. The zero-order valence-corrected chi connectivity index (χ0v) is 13.5. The minimum Gasteiger partial charge on any atom is -0.507 e. The van der Waals surface area contributed by atoms with Gasteiger partial charge in [-0.25, -0.2) is 0 Å². The van der Waals surface area contributed by atoms with Gasteiger partial charge >= 0.3 is 0 Å². The Morgan fingerprint density at radius 1 is 0.870 bits per heavy atom. The summed E-state index contributed by atoms with van der Waals surface area (Å²) in [5, 5.41) is 12.4. The molecular formula is C20H20O3. The van der Waals surface area contributed by atoms with Gasteiger partial charge in [-0.1, -0.05) is 24.3 Å². The molecular weight excluding hydrogens is 288 g/mol. The third-order valence-electron chi connectivity index (χ3n) is 3.74. The number of methoxy groups -OCH3 is 1. The second kappa shape index (κ2) is 6.21. The quantitative estimate of drug-likeness (QED) is 0.736. The van der Waals surface area contributed by atoms with Crippen LogP contribution >= 0.6 is 0 Å². The number of benzene rings is 3. The van der Waals surface area contributed by atoms with E-state index in [0.29, 0.717) is 0 Å². The van der Waals surface area contributed by atoms with E-state index < -0.39 is 0 Å². The van der Waals surface area contributed by atoms with Crippen molar-refractivity contribution in [2.24, 2.45) is 0 Å². The van der Waals surface area contributed by atoms with Gasteiger partial charge in [-0.2, -0.15) is 0 Å². The minimum atomic E-state index is 0.143. The standard InChI is InChI=1S/C20H20O3/c1-13(2)23-16-7-4-14(5-8-16)18-10-6-15-12-17(22-3)9-11-19(15)20(18)21/h4-13,21H,1-3H3.